The predicted molar refractivity (Wildman–Crippen MR) is 92.6 cm³/mol. The van der Waals surface area contributed by atoms with Crippen LogP contribution in [-0.4, -0.2) is 40.0 Å². The van der Waals surface area contributed by atoms with Crippen molar-refractivity contribution < 1.29 is 19.1 Å². The lowest BCUT2D eigenvalue weighted by molar-refractivity contribution is -0.148. The van der Waals surface area contributed by atoms with E-state index < -0.39 is 12.0 Å². The van der Waals surface area contributed by atoms with E-state index >= 15 is 0 Å². The number of aromatic nitrogens is 1. The predicted octanol–water partition coefficient (Wildman–Crippen LogP) is 3.28. The molecule has 1 heterocycles. The van der Waals surface area contributed by atoms with E-state index in [1.165, 1.54) is 18.9 Å². The van der Waals surface area contributed by atoms with Gasteiger partial charge in [0.05, 0.1) is 5.69 Å². The molecule has 1 unspecified atom stereocenters. The zero-order valence-electron chi connectivity index (χ0n) is 13.7. The first-order valence-corrected chi connectivity index (χ1v) is 8.29. The highest BCUT2D eigenvalue weighted by atomic mass is 79.9. The van der Waals surface area contributed by atoms with Gasteiger partial charge in [-0.2, -0.15) is 0 Å². The lowest BCUT2D eigenvalue weighted by atomic mass is 10.1. The summed E-state index contributed by atoms with van der Waals surface area (Å²) in [4.78, 5) is 28.5. The Morgan fingerprint density at radius 2 is 1.96 bits per heavy atom. The number of carbonyl (C=O) groups excluding carboxylic acids is 1. The highest BCUT2D eigenvalue weighted by molar-refractivity contribution is 9.10. The van der Waals surface area contributed by atoms with Crippen molar-refractivity contribution in [3.05, 3.63) is 40.3 Å². The van der Waals surface area contributed by atoms with Crippen LogP contribution in [0.25, 0.3) is 11.3 Å². The Hall–Kier alpha value is -2.15. The lowest BCUT2D eigenvalue weighted by Crippen LogP contribution is -2.40. The second-order valence-electron chi connectivity index (χ2n) is 5.55. The average Bonchev–Trinajstić information content (AvgIpc) is 2.92. The number of aliphatic carboxylic acids is 1. The Kier molecular flexibility index (Phi) is 5.77. The molecular formula is C17H19BrN2O4. The van der Waals surface area contributed by atoms with Gasteiger partial charge in [-0.15, -0.1) is 0 Å². The molecule has 0 radical (unpaired) electrons. The fourth-order valence-electron chi connectivity index (χ4n) is 2.20. The molecule has 128 valence electrons. The van der Waals surface area contributed by atoms with E-state index in [1.807, 2.05) is 31.2 Å². The van der Waals surface area contributed by atoms with Crippen LogP contribution in [0.15, 0.2) is 33.2 Å². The average molecular weight is 395 g/mol. The van der Waals surface area contributed by atoms with Crippen LogP contribution in [0.4, 0.5) is 0 Å². The van der Waals surface area contributed by atoms with Gasteiger partial charge in [-0.3, -0.25) is 4.79 Å². The Balaban J connectivity index is 2.04. The molecule has 0 bridgehead atoms. The van der Waals surface area contributed by atoms with Crippen LogP contribution in [0.2, 0.25) is 0 Å². The first kappa shape index (κ1) is 18.2. The number of halogens is 1. The van der Waals surface area contributed by atoms with Crippen LogP contribution in [0, 0.1) is 6.92 Å². The van der Waals surface area contributed by atoms with Crippen LogP contribution in [0.1, 0.15) is 24.9 Å². The highest BCUT2D eigenvalue weighted by Gasteiger charge is 2.22. The molecule has 6 nitrogen and oxygen atoms in total. The molecule has 0 aliphatic heterocycles. The maximum atomic E-state index is 12.0. The third-order valence-corrected chi connectivity index (χ3v) is 4.36. The van der Waals surface area contributed by atoms with Gasteiger partial charge in [0.25, 0.3) is 0 Å². The van der Waals surface area contributed by atoms with Crippen molar-refractivity contribution in [3.63, 3.8) is 0 Å². The van der Waals surface area contributed by atoms with Crippen molar-refractivity contribution >= 4 is 27.8 Å². The molecule has 24 heavy (non-hydrogen) atoms. The molecular weight excluding hydrogens is 376 g/mol. The number of carboxylic acids is 1. The van der Waals surface area contributed by atoms with E-state index in [4.69, 9.17) is 9.52 Å². The van der Waals surface area contributed by atoms with Crippen LogP contribution >= 0.6 is 15.9 Å². The van der Waals surface area contributed by atoms with Crippen molar-refractivity contribution in [2.45, 2.75) is 32.7 Å². The second kappa shape index (κ2) is 7.61. The molecule has 0 fully saturated rings. The molecule has 1 N–H and O–H groups in total. The number of aryl methyl sites for hydroxylation is 2. The lowest BCUT2D eigenvalue weighted by Gasteiger charge is -2.21. The van der Waals surface area contributed by atoms with Gasteiger partial charge in [0.15, 0.2) is 11.7 Å². The fourth-order valence-corrected chi connectivity index (χ4v) is 2.46. The summed E-state index contributed by atoms with van der Waals surface area (Å²) in [5.41, 5.74) is 1.67. The summed E-state index contributed by atoms with van der Waals surface area (Å²) in [6.07, 6.45) is 0.473. The van der Waals surface area contributed by atoms with Gasteiger partial charge in [0.2, 0.25) is 5.91 Å². The summed E-state index contributed by atoms with van der Waals surface area (Å²) >= 11 is 3.39. The number of oxazole rings is 1. The molecule has 1 aromatic carbocycles. The van der Waals surface area contributed by atoms with E-state index in [0.29, 0.717) is 18.1 Å². The Morgan fingerprint density at radius 3 is 2.54 bits per heavy atom. The van der Waals surface area contributed by atoms with Gasteiger partial charge in [-0.25, -0.2) is 9.78 Å². The minimum atomic E-state index is -1.03. The molecule has 1 amide bonds. The molecule has 1 aromatic heterocycles. The summed E-state index contributed by atoms with van der Waals surface area (Å²) in [6, 6.07) is 6.83. The molecule has 2 aromatic rings. The summed E-state index contributed by atoms with van der Waals surface area (Å²) < 4.78 is 6.74. The number of rotatable bonds is 6. The zero-order chi connectivity index (χ0) is 17.9. The van der Waals surface area contributed by atoms with Gasteiger partial charge in [-0.1, -0.05) is 28.1 Å². The van der Waals surface area contributed by atoms with E-state index in [9.17, 15) is 9.59 Å². The van der Waals surface area contributed by atoms with Crippen LogP contribution in [-0.2, 0) is 16.0 Å². The minimum absolute atomic E-state index is 0.147. The normalized spacial score (nSPS) is 12.0. The molecule has 0 spiro atoms. The van der Waals surface area contributed by atoms with Crippen molar-refractivity contribution in [1.82, 2.24) is 9.88 Å². The summed E-state index contributed by atoms with van der Waals surface area (Å²) in [6.45, 7) is 3.33. The highest BCUT2D eigenvalue weighted by Crippen LogP contribution is 2.26. The molecule has 0 saturated carbocycles. The number of carbonyl (C=O) groups is 2. The Morgan fingerprint density at radius 1 is 1.33 bits per heavy atom. The van der Waals surface area contributed by atoms with E-state index in [-0.39, 0.29) is 12.3 Å². The monoisotopic (exact) mass is 394 g/mol. The number of nitrogens with zero attached hydrogens (tertiary/aromatic N) is 2. The largest absolute Gasteiger partial charge is 0.480 e. The third kappa shape index (κ3) is 4.23. The van der Waals surface area contributed by atoms with Gasteiger partial charge >= 0.3 is 5.97 Å². The first-order chi connectivity index (χ1) is 11.3. The van der Waals surface area contributed by atoms with E-state index in [0.717, 1.165) is 15.7 Å². The SMILES string of the molecule is Cc1nc(CCC(=O)N(C)C(C)C(=O)O)oc1-c1ccc(Br)cc1. The minimum Gasteiger partial charge on any atom is -0.480 e. The van der Waals surface area contributed by atoms with Gasteiger partial charge in [0, 0.05) is 29.9 Å². The molecule has 0 aliphatic rings. The van der Waals surface area contributed by atoms with Crippen molar-refractivity contribution in [1.29, 1.82) is 0 Å². The Labute approximate surface area is 148 Å². The first-order valence-electron chi connectivity index (χ1n) is 7.50. The summed E-state index contributed by atoms with van der Waals surface area (Å²) in [7, 11) is 1.48. The molecule has 1 atom stereocenters. The van der Waals surface area contributed by atoms with Crippen LogP contribution < -0.4 is 0 Å². The van der Waals surface area contributed by atoms with E-state index in [1.54, 1.807) is 0 Å². The zero-order valence-corrected chi connectivity index (χ0v) is 15.3. The molecule has 0 saturated heterocycles. The fraction of sp³-hybridized carbons (Fsp3) is 0.353. The van der Waals surface area contributed by atoms with Gasteiger partial charge < -0.3 is 14.4 Å². The van der Waals surface area contributed by atoms with Gasteiger partial charge in [-0.05, 0) is 26.0 Å². The maximum absolute atomic E-state index is 12.0. The topological polar surface area (TPSA) is 83.6 Å². The van der Waals surface area contributed by atoms with Crippen LogP contribution in [0.5, 0.6) is 0 Å². The molecule has 0 aliphatic carbocycles. The van der Waals surface area contributed by atoms with Crippen molar-refractivity contribution in [2.75, 3.05) is 7.05 Å². The van der Waals surface area contributed by atoms with Crippen molar-refractivity contribution in [2.24, 2.45) is 0 Å². The summed E-state index contributed by atoms with van der Waals surface area (Å²) in [5.74, 6) is -0.145. The number of likely N-dealkylation sites (N-methyl/N-ethyl adjacent to an activating group) is 1. The standard InChI is InChI=1S/C17H19BrN2O4/c1-10-16(12-4-6-13(18)7-5-12)24-14(19-10)8-9-15(21)20(3)11(2)17(22)23/h4-7,11H,8-9H2,1-3H3,(H,22,23). The van der Waals surface area contributed by atoms with E-state index in [2.05, 4.69) is 20.9 Å². The second-order valence-corrected chi connectivity index (χ2v) is 6.46. The number of hydrogen-bond acceptors (Lipinski definition) is 4. The summed E-state index contributed by atoms with van der Waals surface area (Å²) in [5, 5.41) is 8.94. The quantitative estimate of drug-likeness (QED) is 0.812. The molecule has 7 heteroatoms. The number of carboxylic acid groups (broad SMARTS) is 1. The van der Waals surface area contributed by atoms with Crippen LogP contribution in [0.3, 0.4) is 0 Å². The van der Waals surface area contributed by atoms with Gasteiger partial charge in [0.1, 0.15) is 6.04 Å². The third-order valence-electron chi connectivity index (χ3n) is 3.83. The molecule has 2 rings (SSSR count). The number of amides is 1. The smallest absolute Gasteiger partial charge is 0.326 e. The maximum Gasteiger partial charge on any atom is 0.326 e. The van der Waals surface area contributed by atoms with Crippen molar-refractivity contribution in [3.8, 4) is 11.3 Å². The number of hydrogen-bond donors (Lipinski definition) is 1. The Bertz CT molecular complexity index is 740. The number of benzene rings is 1.